The van der Waals surface area contributed by atoms with Crippen molar-refractivity contribution in [3.8, 4) is 0 Å². The van der Waals surface area contributed by atoms with E-state index in [9.17, 15) is 30.8 Å². The van der Waals surface area contributed by atoms with E-state index in [0.29, 0.717) is 5.56 Å². The van der Waals surface area contributed by atoms with Crippen molar-refractivity contribution in [3.05, 3.63) is 65.5 Å². The van der Waals surface area contributed by atoms with Crippen LogP contribution in [0.4, 0.5) is 23.2 Å². The van der Waals surface area contributed by atoms with Gasteiger partial charge in [-0.2, -0.15) is 13.2 Å². The highest BCUT2D eigenvalue weighted by atomic mass is 32.2. The molecule has 0 aliphatic rings. The lowest BCUT2D eigenvalue weighted by Crippen LogP contribution is -2.32. The maximum Gasteiger partial charge on any atom is 0.416 e. The molecule has 2 rings (SSSR count). The van der Waals surface area contributed by atoms with Gasteiger partial charge < -0.3 is 5.32 Å². The zero-order valence-corrected chi connectivity index (χ0v) is 16.4. The summed E-state index contributed by atoms with van der Waals surface area (Å²) in [6, 6.07) is 9.92. The first-order chi connectivity index (χ1) is 13.5. The maximum atomic E-state index is 13.5. The number of halogens is 4. The molecule has 2 aromatic carbocycles. The number of sulfonamides is 1. The van der Waals surface area contributed by atoms with Gasteiger partial charge in [-0.05, 0) is 30.7 Å². The van der Waals surface area contributed by atoms with Crippen LogP contribution in [0.25, 0.3) is 0 Å². The quantitative estimate of drug-likeness (QED) is 0.647. The smallest absolute Gasteiger partial charge is 0.352 e. The second-order valence-electron chi connectivity index (χ2n) is 6.35. The first kappa shape index (κ1) is 22.7. The normalized spacial score (nSPS) is 11.9. The number of amides is 1. The van der Waals surface area contributed by atoms with Gasteiger partial charge in [-0.1, -0.05) is 24.3 Å². The molecule has 2 aromatic rings. The van der Waals surface area contributed by atoms with Crippen LogP contribution < -0.4 is 9.62 Å². The fraction of sp³-hybridized carbons (Fsp3) is 0.316. The third-order valence-electron chi connectivity index (χ3n) is 4.06. The Hall–Kier alpha value is -2.62. The largest absolute Gasteiger partial charge is 0.416 e. The van der Waals surface area contributed by atoms with Crippen LogP contribution >= 0.6 is 0 Å². The first-order valence-electron chi connectivity index (χ1n) is 8.63. The lowest BCUT2D eigenvalue weighted by Gasteiger charge is -2.23. The summed E-state index contributed by atoms with van der Waals surface area (Å²) in [7, 11) is -3.85. The highest BCUT2D eigenvalue weighted by molar-refractivity contribution is 7.92. The number of anilines is 1. The summed E-state index contributed by atoms with van der Waals surface area (Å²) in [5.41, 5.74) is -0.789. The van der Waals surface area contributed by atoms with E-state index < -0.39 is 33.5 Å². The second-order valence-corrected chi connectivity index (χ2v) is 8.26. The van der Waals surface area contributed by atoms with Crippen molar-refractivity contribution < 1.29 is 30.8 Å². The Morgan fingerprint density at radius 3 is 2.41 bits per heavy atom. The molecule has 1 amide bonds. The van der Waals surface area contributed by atoms with E-state index in [-0.39, 0.29) is 31.6 Å². The summed E-state index contributed by atoms with van der Waals surface area (Å²) in [5.74, 6) is -0.883. The molecule has 0 atom stereocenters. The standard InChI is InChI=1S/C19H20F4N2O3S/c1-29(27,28)25(16-8-4-7-15(12-16)19(21,22)23)11-5-10-18(26)24-13-14-6-2-3-9-17(14)20/h2-4,6-9,12H,5,10-11,13H2,1H3,(H,24,26). The van der Waals surface area contributed by atoms with Gasteiger partial charge in [0, 0.05) is 25.1 Å². The topological polar surface area (TPSA) is 66.5 Å². The van der Waals surface area contributed by atoms with Crippen LogP contribution in [0, 0.1) is 5.82 Å². The minimum Gasteiger partial charge on any atom is -0.352 e. The molecule has 0 heterocycles. The summed E-state index contributed by atoms with van der Waals surface area (Å²) in [4.78, 5) is 11.9. The third kappa shape index (κ3) is 6.74. The average molecular weight is 432 g/mol. The van der Waals surface area contributed by atoms with Crippen molar-refractivity contribution >= 4 is 21.6 Å². The van der Waals surface area contributed by atoms with Gasteiger partial charge in [-0.15, -0.1) is 0 Å². The van der Waals surface area contributed by atoms with E-state index in [0.717, 1.165) is 28.8 Å². The number of hydrogen-bond acceptors (Lipinski definition) is 3. The number of alkyl halides is 3. The molecule has 0 aromatic heterocycles. The van der Waals surface area contributed by atoms with E-state index in [1.165, 1.54) is 24.3 Å². The Bertz CT molecular complexity index is 962. The monoisotopic (exact) mass is 432 g/mol. The van der Waals surface area contributed by atoms with Crippen LogP contribution in [0.15, 0.2) is 48.5 Å². The van der Waals surface area contributed by atoms with Gasteiger partial charge in [-0.25, -0.2) is 12.8 Å². The lowest BCUT2D eigenvalue weighted by molar-refractivity contribution is -0.137. The van der Waals surface area contributed by atoms with Crippen molar-refractivity contribution in [2.24, 2.45) is 0 Å². The van der Waals surface area contributed by atoms with Gasteiger partial charge in [0.05, 0.1) is 17.5 Å². The van der Waals surface area contributed by atoms with Crippen LogP contribution in [0.3, 0.4) is 0 Å². The van der Waals surface area contributed by atoms with Crippen molar-refractivity contribution in [2.45, 2.75) is 25.6 Å². The van der Waals surface area contributed by atoms with E-state index in [4.69, 9.17) is 0 Å². The molecule has 29 heavy (non-hydrogen) atoms. The van der Waals surface area contributed by atoms with E-state index in [1.807, 2.05) is 0 Å². The molecule has 0 bridgehead atoms. The van der Waals surface area contributed by atoms with Crippen molar-refractivity contribution in [2.75, 3.05) is 17.1 Å². The maximum absolute atomic E-state index is 13.5. The highest BCUT2D eigenvalue weighted by Crippen LogP contribution is 2.32. The van der Waals surface area contributed by atoms with Gasteiger partial charge in [0.25, 0.3) is 0 Å². The van der Waals surface area contributed by atoms with Gasteiger partial charge in [-0.3, -0.25) is 9.10 Å². The molecule has 0 fully saturated rings. The average Bonchev–Trinajstić information content (AvgIpc) is 2.63. The summed E-state index contributed by atoms with van der Waals surface area (Å²) in [6.07, 6.45) is -3.72. The number of nitrogens with zero attached hydrogens (tertiary/aromatic N) is 1. The van der Waals surface area contributed by atoms with Crippen LogP contribution in [-0.2, 0) is 27.5 Å². The summed E-state index contributed by atoms with van der Waals surface area (Å²) >= 11 is 0. The fourth-order valence-corrected chi connectivity index (χ4v) is 3.59. The van der Waals surface area contributed by atoms with Crippen LogP contribution in [0.1, 0.15) is 24.0 Å². The number of nitrogens with one attached hydrogen (secondary N) is 1. The van der Waals surface area contributed by atoms with Gasteiger partial charge in [0.2, 0.25) is 15.9 Å². The van der Waals surface area contributed by atoms with Crippen LogP contribution in [-0.4, -0.2) is 27.1 Å². The van der Waals surface area contributed by atoms with E-state index >= 15 is 0 Å². The zero-order valence-electron chi connectivity index (χ0n) is 15.5. The minimum absolute atomic E-state index is 0.0189. The predicted octanol–water partition coefficient (Wildman–Crippen LogP) is 3.71. The molecule has 0 spiro atoms. The molecular formula is C19H20F4N2O3S. The lowest BCUT2D eigenvalue weighted by atomic mass is 10.2. The summed E-state index contributed by atoms with van der Waals surface area (Å²) < 4.78 is 77.1. The second kappa shape index (κ2) is 9.25. The molecule has 10 heteroatoms. The van der Waals surface area contributed by atoms with Crippen molar-refractivity contribution in [1.29, 1.82) is 0 Å². The molecule has 0 radical (unpaired) electrons. The molecule has 0 aliphatic heterocycles. The molecule has 1 N–H and O–H groups in total. The Morgan fingerprint density at radius 1 is 1.10 bits per heavy atom. The Balaban J connectivity index is 1.98. The number of hydrogen-bond donors (Lipinski definition) is 1. The number of rotatable bonds is 8. The molecule has 0 saturated heterocycles. The molecule has 158 valence electrons. The van der Waals surface area contributed by atoms with Crippen LogP contribution in [0.5, 0.6) is 0 Å². The molecule has 0 unspecified atom stereocenters. The van der Waals surface area contributed by atoms with Gasteiger partial charge in [0.1, 0.15) is 5.82 Å². The fourth-order valence-electron chi connectivity index (χ4n) is 2.63. The molecule has 5 nitrogen and oxygen atoms in total. The molecule has 0 saturated carbocycles. The van der Waals surface area contributed by atoms with Crippen molar-refractivity contribution in [1.82, 2.24) is 5.32 Å². The van der Waals surface area contributed by atoms with Gasteiger partial charge >= 0.3 is 6.18 Å². The van der Waals surface area contributed by atoms with E-state index in [1.54, 1.807) is 6.07 Å². The van der Waals surface area contributed by atoms with Crippen molar-refractivity contribution in [3.63, 3.8) is 0 Å². The number of carbonyl (C=O) groups is 1. The first-order valence-corrected chi connectivity index (χ1v) is 10.5. The highest BCUT2D eigenvalue weighted by Gasteiger charge is 2.31. The Kier molecular flexibility index (Phi) is 7.23. The zero-order chi connectivity index (χ0) is 21.7. The SMILES string of the molecule is CS(=O)(=O)N(CCCC(=O)NCc1ccccc1F)c1cccc(C(F)(F)F)c1. The molecular weight excluding hydrogens is 412 g/mol. The van der Waals surface area contributed by atoms with Crippen LogP contribution in [0.2, 0.25) is 0 Å². The third-order valence-corrected chi connectivity index (χ3v) is 5.25. The summed E-state index contributed by atoms with van der Waals surface area (Å²) in [6.45, 7) is -0.192. The van der Waals surface area contributed by atoms with Gasteiger partial charge in [0.15, 0.2) is 0 Å². The number of benzene rings is 2. The van der Waals surface area contributed by atoms with E-state index in [2.05, 4.69) is 5.32 Å². The minimum atomic E-state index is -4.61. The Morgan fingerprint density at radius 2 is 1.79 bits per heavy atom. The predicted molar refractivity (Wildman–Crippen MR) is 101 cm³/mol. The molecule has 0 aliphatic carbocycles. The number of carbonyl (C=O) groups excluding carboxylic acids is 1. The Labute approximate surface area is 166 Å². The summed E-state index contributed by atoms with van der Waals surface area (Å²) in [5, 5.41) is 2.53.